The van der Waals surface area contributed by atoms with E-state index < -0.39 is 17.8 Å². The zero-order valence-electron chi connectivity index (χ0n) is 8.12. The Morgan fingerprint density at radius 1 is 1.35 bits per heavy atom. The van der Waals surface area contributed by atoms with Crippen molar-refractivity contribution in [1.82, 2.24) is 4.98 Å². The van der Waals surface area contributed by atoms with Gasteiger partial charge < -0.3 is 0 Å². The van der Waals surface area contributed by atoms with Crippen molar-refractivity contribution < 1.29 is 18.0 Å². The van der Waals surface area contributed by atoms with Gasteiger partial charge in [0.2, 0.25) is 0 Å². The fourth-order valence-electron chi connectivity index (χ4n) is 1.02. The highest BCUT2D eigenvalue weighted by Crippen LogP contribution is 2.31. The van der Waals surface area contributed by atoms with E-state index in [1.54, 1.807) is 16.8 Å². The van der Waals surface area contributed by atoms with Gasteiger partial charge in [-0.25, -0.2) is 4.98 Å². The first-order chi connectivity index (χ1) is 7.97. The third-order valence-electron chi connectivity index (χ3n) is 1.80. The molecule has 0 unspecified atom stereocenters. The van der Waals surface area contributed by atoms with Crippen LogP contribution in [0.2, 0.25) is 0 Å². The van der Waals surface area contributed by atoms with Crippen molar-refractivity contribution in [2.45, 2.75) is 6.18 Å². The van der Waals surface area contributed by atoms with Gasteiger partial charge in [-0.3, -0.25) is 10.1 Å². The highest BCUT2D eigenvalue weighted by Gasteiger charge is 2.33. The molecule has 3 nitrogen and oxygen atoms in total. The van der Waals surface area contributed by atoms with Crippen LogP contribution < -0.4 is 5.32 Å². The molecule has 2 aromatic rings. The highest BCUT2D eigenvalue weighted by atomic mass is 32.1. The van der Waals surface area contributed by atoms with Gasteiger partial charge in [0.05, 0.1) is 5.56 Å². The first-order valence-corrected chi connectivity index (χ1v) is 6.15. The molecule has 1 N–H and O–H groups in total. The third kappa shape index (κ3) is 2.83. The Bertz CT molecular complexity index is 519. The van der Waals surface area contributed by atoms with Crippen LogP contribution in [0.15, 0.2) is 22.2 Å². The molecule has 0 saturated carbocycles. The second-order valence-corrected chi connectivity index (χ2v) is 4.64. The van der Waals surface area contributed by atoms with Gasteiger partial charge in [-0.1, -0.05) is 0 Å². The Morgan fingerprint density at radius 2 is 2.12 bits per heavy atom. The Kier molecular flexibility index (Phi) is 3.16. The van der Waals surface area contributed by atoms with E-state index in [-0.39, 0.29) is 5.13 Å². The van der Waals surface area contributed by atoms with Gasteiger partial charge in [-0.05, 0) is 11.4 Å². The van der Waals surface area contributed by atoms with E-state index in [9.17, 15) is 18.0 Å². The summed E-state index contributed by atoms with van der Waals surface area (Å²) >= 11 is 2.07. The average Bonchev–Trinajstić information content (AvgIpc) is 2.85. The molecule has 0 bridgehead atoms. The number of aromatic nitrogens is 1. The van der Waals surface area contributed by atoms with Gasteiger partial charge in [0.15, 0.2) is 10.8 Å². The van der Waals surface area contributed by atoms with Crippen molar-refractivity contribution in [1.29, 1.82) is 0 Å². The number of hydrogen-bond donors (Lipinski definition) is 1. The molecular formula is C9H5F3N2OS2. The van der Waals surface area contributed by atoms with Crippen molar-refractivity contribution in [3.05, 3.63) is 33.5 Å². The number of nitrogens with one attached hydrogen (secondary N) is 1. The summed E-state index contributed by atoms with van der Waals surface area (Å²) in [7, 11) is 0. The number of alkyl halides is 3. The summed E-state index contributed by atoms with van der Waals surface area (Å²) in [6.07, 6.45) is -4.48. The molecule has 0 spiro atoms. The van der Waals surface area contributed by atoms with Crippen LogP contribution in [0.25, 0.3) is 0 Å². The fraction of sp³-hybridized carbons (Fsp3) is 0.111. The summed E-state index contributed by atoms with van der Waals surface area (Å²) < 4.78 is 36.7. The Balaban J connectivity index is 2.10. The van der Waals surface area contributed by atoms with Crippen molar-refractivity contribution >= 4 is 33.7 Å². The second kappa shape index (κ2) is 4.46. The van der Waals surface area contributed by atoms with Crippen molar-refractivity contribution in [2.24, 2.45) is 0 Å². The molecule has 0 aliphatic rings. The summed E-state index contributed by atoms with van der Waals surface area (Å²) in [5.74, 6) is -0.464. The average molecular weight is 278 g/mol. The topological polar surface area (TPSA) is 42.0 Å². The van der Waals surface area contributed by atoms with Crippen LogP contribution in [0, 0.1) is 0 Å². The quantitative estimate of drug-likeness (QED) is 0.913. The molecule has 0 aliphatic heterocycles. The molecule has 0 aliphatic carbocycles. The molecule has 0 fully saturated rings. The number of amides is 1. The number of halogens is 3. The van der Waals surface area contributed by atoms with Gasteiger partial charge in [0, 0.05) is 10.8 Å². The van der Waals surface area contributed by atoms with Crippen molar-refractivity contribution in [3.63, 3.8) is 0 Å². The van der Waals surface area contributed by atoms with E-state index >= 15 is 0 Å². The van der Waals surface area contributed by atoms with Crippen LogP contribution in [0.1, 0.15) is 16.1 Å². The maximum absolute atomic E-state index is 12.2. The van der Waals surface area contributed by atoms with Crippen LogP contribution in [-0.2, 0) is 6.18 Å². The lowest BCUT2D eigenvalue weighted by Gasteiger charge is -2.00. The molecule has 0 saturated heterocycles. The van der Waals surface area contributed by atoms with Gasteiger partial charge in [-0.2, -0.15) is 24.5 Å². The van der Waals surface area contributed by atoms with Crippen molar-refractivity contribution in [3.8, 4) is 0 Å². The Labute approximate surface area is 102 Å². The Morgan fingerprint density at radius 3 is 2.65 bits per heavy atom. The van der Waals surface area contributed by atoms with Crippen LogP contribution in [0.5, 0.6) is 0 Å². The number of thiophene rings is 1. The van der Waals surface area contributed by atoms with Crippen LogP contribution in [0.4, 0.5) is 18.3 Å². The maximum Gasteiger partial charge on any atom is 0.434 e. The first kappa shape index (κ1) is 12.1. The van der Waals surface area contributed by atoms with Gasteiger partial charge in [-0.15, -0.1) is 11.3 Å². The number of anilines is 1. The highest BCUT2D eigenvalue weighted by molar-refractivity contribution is 7.14. The lowest BCUT2D eigenvalue weighted by atomic mass is 10.3. The van der Waals surface area contributed by atoms with Gasteiger partial charge in [0.25, 0.3) is 5.91 Å². The summed E-state index contributed by atoms with van der Waals surface area (Å²) in [6, 6.07) is 1.58. The standard InChI is InChI=1S/C9H5F3N2OS2/c10-9(11,12)6-4-17-8(13-6)14-7(15)5-1-2-16-3-5/h1-4H,(H,13,14,15). The minimum absolute atomic E-state index is 0.0616. The molecule has 17 heavy (non-hydrogen) atoms. The number of thiazole rings is 1. The van der Waals surface area contributed by atoms with E-state index in [1.165, 1.54) is 11.3 Å². The zero-order chi connectivity index (χ0) is 12.5. The smallest absolute Gasteiger partial charge is 0.298 e. The number of carbonyl (C=O) groups is 1. The number of nitrogens with zero attached hydrogens (tertiary/aromatic N) is 1. The second-order valence-electron chi connectivity index (χ2n) is 3.00. The SMILES string of the molecule is O=C(Nc1nc(C(F)(F)F)cs1)c1ccsc1. The summed E-state index contributed by atoms with van der Waals surface area (Å²) in [5, 5.41) is 6.43. The number of rotatable bonds is 2. The number of hydrogen-bond acceptors (Lipinski definition) is 4. The van der Waals surface area contributed by atoms with E-state index in [0.29, 0.717) is 5.56 Å². The van der Waals surface area contributed by atoms with Crippen LogP contribution >= 0.6 is 22.7 Å². The monoisotopic (exact) mass is 278 g/mol. The number of carbonyl (C=O) groups excluding carboxylic acids is 1. The lowest BCUT2D eigenvalue weighted by Crippen LogP contribution is -2.11. The molecule has 0 aromatic carbocycles. The summed E-state index contributed by atoms with van der Waals surface area (Å²) in [6.45, 7) is 0. The van der Waals surface area contributed by atoms with E-state index in [4.69, 9.17) is 0 Å². The molecule has 8 heteroatoms. The van der Waals surface area contributed by atoms with E-state index in [0.717, 1.165) is 16.7 Å². The van der Waals surface area contributed by atoms with Gasteiger partial charge >= 0.3 is 6.18 Å². The lowest BCUT2D eigenvalue weighted by molar-refractivity contribution is -0.140. The molecule has 2 rings (SSSR count). The molecule has 90 valence electrons. The van der Waals surface area contributed by atoms with Crippen LogP contribution in [-0.4, -0.2) is 10.9 Å². The van der Waals surface area contributed by atoms with Crippen LogP contribution in [0.3, 0.4) is 0 Å². The summed E-state index contributed by atoms with van der Waals surface area (Å²) in [4.78, 5) is 14.8. The predicted octanol–water partition coefficient (Wildman–Crippen LogP) is 3.48. The summed E-state index contributed by atoms with van der Waals surface area (Å²) in [5.41, 5.74) is -0.595. The van der Waals surface area contributed by atoms with E-state index in [2.05, 4.69) is 10.3 Å². The normalized spacial score (nSPS) is 11.5. The first-order valence-electron chi connectivity index (χ1n) is 4.33. The van der Waals surface area contributed by atoms with Gasteiger partial charge in [0.1, 0.15) is 0 Å². The minimum Gasteiger partial charge on any atom is -0.298 e. The Hall–Kier alpha value is -1.41. The molecule has 2 heterocycles. The zero-order valence-corrected chi connectivity index (χ0v) is 9.75. The minimum atomic E-state index is -4.48. The molecular weight excluding hydrogens is 273 g/mol. The van der Waals surface area contributed by atoms with E-state index in [1.807, 2.05) is 0 Å². The fourth-order valence-corrected chi connectivity index (χ4v) is 2.37. The predicted molar refractivity (Wildman–Crippen MR) is 59.4 cm³/mol. The third-order valence-corrected chi connectivity index (χ3v) is 3.24. The molecule has 0 radical (unpaired) electrons. The largest absolute Gasteiger partial charge is 0.434 e. The molecule has 2 aromatic heterocycles. The maximum atomic E-state index is 12.2. The molecule has 0 atom stereocenters. The van der Waals surface area contributed by atoms with Crippen molar-refractivity contribution in [2.75, 3.05) is 5.32 Å². The molecule has 1 amide bonds.